The Kier molecular flexibility index (Phi) is 5.96. The summed E-state index contributed by atoms with van der Waals surface area (Å²) in [6.07, 6.45) is -3.09. The molecule has 4 rings (SSSR count). The fraction of sp³-hybridized carbons (Fsp3) is 0.261. The molecule has 0 spiro atoms. The third kappa shape index (κ3) is 4.71. The monoisotopic (exact) mass is 448 g/mol. The lowest BCUT2D eigenvalue weighted by molar-refractivity contribution is -0.137. The summed E-state index contributed by atoms with van der Waals surface area (Å²) < 4.78 is 49.5. The number of benzene rings is 2. The number of halogens is 4. The number of hydrogen-bond acceptors (Lipinski definition) is 4. The predicted octanol–water partition coefficient (Wildman–Crippen LogP) is 6.09. The van der Waals surface area contributed by atoms with Crippen LogP contribution in [0.1, 0.15) is 12.0 Å². The van der Waals surface area contributed by atoms with E-state index in [9.17, 15) is 13.2 Å². The van der Waals surface area contributed by atoms with Crippen LogP contribution in [0.25, 0.3) is 11.1 Å². The van der Waals surface area contributed by atoms with E-state index >= 15 is 0 Å². The number of rotatable bonds is 5. The molecule has 0 saturated carbocycles. The highest BCUT2D eigenvalue weighted by Crippen LogP contribution is 2.37. The standard InChI is InChI=1S/C23H20ClF3N2O2/c1-30-21-12-15(18-4-2-3-5-19(18)24)6-8-20(21)29-11-10-17(14-29)31-22-9-7-16(13-28-22)23(25,26)27/h2-9,12-13,17H,10-11,14H2,1H3. The van der Waals surface area contributed by atoms with E-state index in [0.717, 1.165) is 42.0 Å². The zero-order valence-corrected chi connectivity index (χ0v) is 17.5. The van der Waals surface area contributed by atoms with Crippen molar-refractivity contribution in [1.82, 2.24) is 4.98 Å². The molecule has 1 aromatic heterocycles. The Morgan fingerprint density at radius 1 is 1.10 bits per heavy atom. The Bertz CT molecular complexity index is 1060. The zero-order valence-electron chi connectivity index (χ0n) is 16.7. The van der Waals surface area contributed by atoms with Gasteiger partial charge in [0.25, 0.3) is 0 Å². The summed E-state index contributed by atoms with van der Waals surface area (Å²) in [6.45, 7) is 1.30. The van der Waals surface area contributed by atoms with Crippen LogP contribution < -0.4 is 14.4 Å². The minimum absolute atomic E-state index is 0.181. The number of aromatic nitrogens is 1. The highest BCUT2D eigenvalue weighted by atomic mass is 35.5. The SMILES string of the molecule is COc1cc(-c2ccccc2Cl)ccc1N1CCC(Oc2ccc(C(F)(F)F)cn2)C1. The van der Waals surface area contributed by atoms with Gasteiger partial charge in [0.15, 0.2) is 0 Å². The topological polar surface area (TPSA) is 34.6 Å². The maximum absolute atomic E-state index is 12.7. The summed E-state index contributed by atoms with van der Waals surface area (Å²) in [7, 11) is 1.62. The van der Waals surface area contributed by atoms with E-state index < -0.39 is 11.7 Å². The van der Waals surface area contributed by atoms with Gasteiger partial charge in [0.2, 0.25) is 5.88 Å². The summed E-state index contributed by atoms with van der Waals surface area (Å²) in [5.41, 5.74) is 2.00. The number of alkyl halides is 3. The van der Waals surface area contributed by atoms with Gasteiger partial charge < -0.3 is 14.4 Å². The Labute approximate surface area is 183 Å². The van der Waals surface area contributed by atoms with Crippen molar-refractivity contribution in [3.05, 3.63) is 71.4 Å². The molecule has 1 saturated heterocycles. The lowest BCUT2D eigenvalue weighted by Crippen LogP contribution is -2.25. The maximum atomic E-state index is 12.7. The van der Waals surface area contributed by atoms with Gasteiger partial charge in [0, 0.05) is 35.8 Å². The molecule has 0 amide bonds. The first kappa shape index (κ1) is 21.3. The van der Waals surface area contributed by atoms with Crippen molar-refractivity contribution in [2.24, 2.45) is 0 Å². The number of methoxy groups -OCH3 is 1. The molecule has 0 aliphatic carbocycles. The van der Waals surface area contributed by atoms with Crippen LogP contribution in [-0.4, -0.2) is 31.3 Å². The minimum Gasteiger partial charge on any atom is -0.495 e. The smallest absolute Gasteiger partial charge is 0.417 e. The van der Waals surface area contributed by atoms with Gasteiger partial charge >= 0.3 is 6.18 Å². The number of anilines is 1. The summed E-state index contributed by atoms with van der Waals surface area (Å²) in [5, 5.41) is 0.663. The van der Waals surface area contributed by atoms with Crippen LogP contribution in [-0.2, 0) is 6.18 Å². The number of hydrogen-bond donors (Lipinski definition) is 0. The summed E-state index contributed by atoms with van der Waals surface area (Å²) >= 11 is 6.32. The second-order valence-corrected chi connectivity index (χ2v) is 7.63. The molecule has 1 unspecified atom stereocenters. The summed E-state index contributed by atoms with van der Waals surface area (Å²) in [4.78, 5) is 5.92. The maximum Gasteiger partial charge on any atom is 0.417 e. The Hall–Kier alpha value is -2.93. The van der Waals surface area contributed by atoms with Crippen molar-refractivity contribution in [1.29, 1.82) is 0 Å². The molecule has 162 valence electrons. The highest BCUT2D eigenvalue weighted by Gasteiger charge is 2.31. The van der Waals surface area contributed by atoms with Gasteiger partial charge in [-0.05, 0) is 29.8 Å². The summed E-state index contributed by atoms with van der Waals surface area (Å²) in [6, 6.07) is 15.8. The largest absolute Gasteiger partial charge is 0.495 e. The van der Waals surface area contributed by atoms with Crippen LogP contribution in [0.3, 0.4) is 0 Å². The zero-order chi connectivity index (χ0) is 22.0. The van der Waals surface area contributed by atoms with Crippen molar-refractivity contribution in [3.8, 4) is 22.8 Å². The quantitative estimate of drug-likeness (QED) is 0.473. The average Bonchev–Trinajstić information content (AvgIpc) is 3.21. The van der Waals surface area contributed by atoms with Gasteiger partial charge in [-0.15, -0.1) is 0 Å². The molecule has 2 heterocycles. The van der Waals surface area contributed by atoms with E-state index in [1.54, 1.807) is 7.11 Å². The first-order valence-corrected chi connectivity index (χ1v) is 10.1. The van der Waals surface area contributed by atoms with Crippen LogP contribution in [0.2, 0.25) is 5.02 Å². The molecule has 2 aromatic carbocycles. The number of ether oxygens (including phenoxy) is 2. The molecule has 1 aliphatic heterocycles. The van der Waals surface area contributed by atoms with E-state index in [1.807, 2.05) is 42.5 Å². The molecular formula is C23H20ClF3N2O2. The first-order valence-electron chi connectivity index (χ1n) is 9.73. The van der Waals surface area contributed by atoms with Crippen molar-refractivity contribution < 1.29 is 22.6 Å². The van der Waals surface area contributed by atoms with Crippen molar-refractivity contribution >= 4 is 17.3 Å². The van der Waals surface area contributed by atoms with Crippen LogP contribution >= 0.6 is 11.6 Å². The van der Waals surface area contributed by atoms with Gasteiger partial charge in [-0.1, -0.05) is 35.9 Å². The van der Waals surface area contributed by atoms with E-state index in [2.05, 4.69) is 9.88 Å². The van der Waals surface area contributed by atoms with Crippen molar-refractivity contribution in [3.63, 3.8) is 0 Å². The molecule has 1 aliphatic rings. The molecule has 1 fully saturated rings. The lowest BCUT2D eigenvalue weighted by atomic mass is 10.0. The minimum atomic E-state index is -4.41. The van der Waals surface area contributed by atoms with Crippen molar-refractivity contribution in [2.45, 2.75) is 18.7 Å². The highest BCUT2D eigenvalue weighted by molar-refractivity contribution is 6.33. The Balaban J connectivity index is 1.47. The first-order chi connectivity index (χ1) is 14.8. The molecule has 0 N–H and O–H groups in total. The van der Waals surface area contributed by atoms with Gasteiger partial charge in [-0.2, -0.15) is 13.2 Å². The van der Waals surface area contributed by atoms with E-state index in [-0.39, 0.29) is 12.0 Å². The third-order valence-electron chi connectivity index (χ3n) is 5.20. The van der Waals surface area contributed by atoms with E-state index in [1.165, 1.54) is 6.07 Å². The lowest BCUT2D eigenvalue weighted by Gasteiger charge is -2.22. The molecule has 0 bridgehead atoms. The van der Waals surface area contributed by atoms with Gasteiger partial charge in [-0.3, -0.25) is 0 Å². The molecule has 3 aromatic rings. The van der Waals surface area contributed by atoms with E-state index in [4.69, 9.17) is 21.1 Å². The van der Waals surface area contributed by atoms with Crippen LogP contribution in [0.5, 0.6) is 11.6 Å². The Morgan fingerprint density at radius 2 is 1.90 bits per heavy atom. The number of pyridine rings is 1. The molecule has 4 nitrogen and oxygen atoms in total. The summed E-state index contributed by atoms with van der Waals surface area (Å²) in [5.74, 6) is 0.895. The number of nitrogens with zero attached hydrogens (tertiary/aromatic N) is 2. The van der Waals surface area contributed by atoms with Gasteiger partial charge in [0.1, 0.15) is 11.9 Å². The molecule has 0 radical (unpaired) electrons. The van der Waals surface area contributed by atoms with Crippen LogP contribution in [0.15, 0.2) is 60.8 Å². The molecular weight excluding hydrogens is 429 g/mol. The Morgan fingerprint density at radius 3 is 2.58 bits per heavy atom. The molecule has 31 heavy (non-hydrogen) atoms. The van der Waals surface area contributed by atoms with E-state index in [0.29, 0.717) is 17.3 Å². The normalized spacial score (nSPS) is 16.4. The predicted molar refractivity (Wildman–Crippen MR) is 114 cm³/mol. The second kappa shape index (κ2) is 8.67. The fourth-order valence-electron chi connectivity index (χ4n) is 3.63. The second-order valence-electron chi connectivity index (χ2n) is 7.22. The molecule has 8 heteroatoms. The average molecular weight is 449 g/mol. The van der Waals surface area contributed by atoms with Crippen LogP contribution in [0, 0.1) is 0 Å². The van der Waals surface area contributed by atoms with Gasteiger partial charge in [0.05, 0.1) is 24.9 Å². The van der Waals surface area contributed by atoms with Crippen LogP contribution in [0.4, 0.5) is 18.9 Å². The fourth-order valence-corrected chi connectivity index (χ4v) is 3.88. The van der Waals surface area contributed by atoms with Crippen molar-refractivity contribution in [2.75, 3.05) is 25.1 Å². The van der Waals surface area contributed by atoms with Gasteiger partial charge in [-0.25, -0.2) is 4.98 Å². The third-order valence-corrected chi connectivity index (χ3v) is 5.53. The molecule has 1 atom stereocenters.